The molecule has 1 heterocycles. The Balaban J connectivity index is 2.09. The molecule has 6 heteroatoms. The molecule has 0 aliphatic carbocycles. The van der Waals surface area contributed by atoms with Crippen LogP contribution in [0.2, 0.25) is 0 Å². The molecule has 1 N–H and O–H groups in total. The summed E-state index contributed by atoms with van der Waals surface area (Å²) in [5.74, 6) is 0. The second kappa shape index (κ2) is 4.27. The van der Waals surface area contributed by atoms with Crippen LogP contribution < -0.4 is 5.32 Å². The molecule has 1 aromatic rings. The van der Waals surface area contributed by atoms with Gasteiger partial charge in [0, 0.05) is 19.2 Å². The zero-order valence-electron chi connectivity index (χ0n) is 6.77. The van der Waals surface area contributed by atoms with Gasteiger partial charge >= 0.3 is 6.18 Å². The fourth-order valence-corrected chi connectivity index (χ4v) is 0.775. The van der Waals surface area contributed by atoms with Crippen LogP contribution in [-0.4, -0.2) is 17.9 Å². The topological polar surface area (TPSA) is 38.1 Å². The van der Waals surface area contributed by atoms with E-state index in [0.29, 0.717) is 12.2 Å². The Morgan fingerprint density at radius 2 is 2.23 bits per heavy atom. The SMILES string of the molecule is FC(F)(F)CCNCc1ccon1. The van der Waals surface area contributed by atoms with E-state index in [0.717, 1.165) is 0 Å². The summed E-state index contributed by atoms with van der Waals surface area (Å²) < 4.78 is 39.4. The highest BCUT2D eigenvalue weighted by Crippen LogP contribution is 2.18. The first-order valence-corrected chi connectivity index (χ1v) is 3.75. The molecule has 0 spiro atoms. The van der Waals surface area contributed by atoms with E-state index in [1.807, 2.05) is 0 Å². The Morgan fingerprint density at radius 1 is 1.46 bits per heavy atom. The first-order chi connectivity index (χ1) is 6.08. The minimum atomic E-state index is -4.10. The van der Waals surface area contributed by atoms with Crippen LogP contribution in [0.1, 0.15) is 12.1 Å². The van der Waals surface area contributed by atoms with Crippen molar-refractivity contribution in [2.24, 2.45) is 0 Å². The maximum Gasteiger partial charge on any atom is 0.390 e. The Bertz CT molecular complexity index is 232. The molecular weight excluding hydrogens is 185 g/mol. The van der Waals surface area contributed by atoms with Gasteiger partial charge in [-0.1, -0.05) is 5.16 Å². The number of nitrogens with zero attached hydrogens (tertiary/aromatic N) is 1. The fourth-order valence-electron chi connectivity index (χ4n) is 0.775. The first kappa shape index (κ1) is 10.0. The van der Waals surface area contributed by atoms with Gasteiger partial charge in [-0.15, -0.1) is 0 Å². The van der Waals surface area contributed by atoms with Gasteiger partial charge in [0.2, 0.25) is 0 Å². The van der Waals surface area contributed by atoms with Crippen molar-refractivity contribution in [2.45, 2.75) is 19.1 Å². The van der Waals surface area contributed by atoms with Crippen LogP contribution in [0, 0.1) is 0 Å². The highest BCUT2D eigenvalue weighted by Gasteiger charge is 2.25. The molecule has 0 radical (unpaired) electrons. The number of hydrogen-bond donors (Lipinski definition) is 1. The van der Waals surface area contributed by atoms with E-state index in [2.05, 4.69) is 15.0 Å². The third-order valence-corrected chi connectivity index (χ3v) is 1.38. The highest BCUT2D eigenvalue weighted by atomic mass is 19.4. The van der Waals surface area contributed by atoms with Crippen molar-refractivity contribution in [3.63, 3.8) is 0 Å². The average Bonchev–Trinajstić information content (AvgIpc) is 2.48. The zero-order chi connectivity index (χ0) is 9.73. The summed E-state index contributed by atoms with van der Waals surface area (Å²) >= 11 is 0. The molecule has 0 unspecified atom stereocenters. The molecule has 1 rings (SSSR count). The molecular formula is C7H9F3N2O. The van der Waals surface area contributed by atoms with Crippen LogP contribution in [0.4, 0.5) is 13.2 Å². The molecule has 0 aliphatic rings. The normalized spacial score (nSPS) is 11.9. The van der Waals surface area contributed by atoms with Crippen molar-refractivity contribution in [3.05, 3.63) is 18.0 Å². The van der Waals surface area contributed by atoms with Gasteiger partial charge in [-0.25, -0.2) is 0 Å². The van der Waals surface area contributed by atoms with Gasteiger partial charge in [0.05, 0.1) is 12.1 Å². The molecule has 0 fully saturated rings. The number of aromatic nitrogens is 1. The predicted octanol–water partition coefficient (Wildman–Crippen LogP) is 1.72. The average molecular weight is 194 g/mol. The van der Waals surface area contributed by atoms with Gasteiger partial charge in [-0.3, -0.25) is 0 Å². The largest absolute Gasteiger partial charge is 0.390 e. The predicted molar refractivity (Wildman–Crippen MR) is 38.9 cm³/mol. The number of halogens is 3. The smallest absolute Gasteiger partial charge is 0.364 e. The summed E-state index contributed by atoms with van der Waals surface area (Å²) in [5, 5.41) is 6.13. The fraction of sp³-hybridized carbons (Fsp3) is 0.571. The zero-order valence-corrected chi connectivity index (χ0v) is 6.77. The molecule has 74 valence electrons. The Kier molecular flexibility index (Phi) is 3.30. The lowest BCUT2D eigenvalue weighted by atomic mass is 10.4. The number of nitrogens with one attached hydrogen (secondary N) is 1. The van der Waals surface area contributed by atoms with E-state index in [9.17, 15) is 13.2 Å². The second-order valence-corrected chi connectivity index (χ2v) is 2.53. The van der Waals surface area contributed by atoms with Gasteiger partial charge < -0.3 is 9.84 Å². The lowest BCUT2D eigenvalue weighted by Gasteiger charge is -2.05. The van der Waals surface area contributed by atoms with Crippen molar-refractivity contribution in [3.8, 4) is 0 Å². The Hall–Kier alpha value is -1.04. The lowest BCUT2D eigenvalue weighted by Crippen LogP contribution is -2.21. The second-order valence-electron chi connectivity index (χ2n) is 2.53. The molecule has 3 nitrogen and oxygen atoms in total. The van der Waals surface area contributed by atoms with Crippen LogP contribution in [0.5, 0.6) is 0 Å². The molecule has 0 bridgehead atoms. The summed E-state index contributed by atoms with van der Waals surface area (Å²) in [6, 6.07) is 1.60. The van der Waals surface area contributed by atoms with Crippen molar-refractivity contribution in [1.82, 2.24) is 10.5 Å². The summed E-state index contributed by atoms with van der Waals surface area (Å²) in [7, 11) is 0. The first-order valence-electron chi connectivity index (χ1n) is 3.75. The van der Waals surface area contributed by atoms with Crippen LogP contribution in [-0.2, 0) is 6.54 Å². The van der Waals surface area contributed by atoms with Gasteiger partial charge in [0.25, 0.3) is 0 Å². The van der Waals surface area contributed by atoms with E-state index in [4.69, 9.17) is 0 Å². The highest BCUT2D eigenvalue weighted by molar-refractivity contribution is 4.93. The number of rotatable bonds is 4. The lowest BCUT2D eigenvalue weighted by molar-refractivity contribution is -0.133. The molecule has 1 aromatic heterocycles. The maximum absolute atomic E-state index is 11.6. The van der Waals surface area contributed by atoms with E-state index >= 15 is 0 Å². The van der Waals surface area contributed by atoms with E-state index < -0.39 is 12.6 Å². The van der Waals surface area contributed by atoms with Gasteiger partial charge in [0.15, 0.2) is 0 Å². The third kappa shape index (κ3) is 4.51. The van der Waals surface area contributed by atoms with Crippen molar-refractivity contribution in [2.75, 3.05) is 6.54 Å². The van der Waals surface area contributed by atoms with E-state index in [1.54, 1.807) is 6.07 Å². The maximum atomic E-state index is 11.6. The van der Waals surface area contributed by atoms with E-state index in [-0.39, 0.29) is 6.54 Å². The molecule has 0 saturated heterocycles. The van der Waals surface area contributed by atoms with Gasteiger partial charge in [-0.05, 0) is 0 Å². The van der Waals surface area contributed by atoms with Crippen LogP contribution >= 0.6 is 0 Å². The molecule has 0 saturated carbocycles. The van der Waals surface area contributed by atoms with Crippen LogP contribution in [0.3, 0.4) is 0 Å². The molecule has 0 aromatic carbocycles. The summed E-state index contributed by atoms with van der Waals surface area (Å²) in [6.45, 7) is 0.197. The number of hydrogen-bond acceptors (Lipinski definition) is 3. The third-order valence-electron chi connectivity index (χ3n) is 1.38. The summed E-state index contributed by atoms with van der Waals surface area (Å²) in [6.07, 6.45) is -3.55. The monoisotopic (exact) mass is 194 g/mol. The Morgan fingerprint density at radius 3 is 2.77 bits per heavy atom. The summed E-state index contributed by atoms with van der Waals surface area (Å²) in [4.78, 5) is 0. The minimum Gasteiger partial charge on any atom is -0.364 e. The van der Waals surface area contributed by atoms with Crippen LogP contribution in [0.15, 0.2) is 16.9 Å². The number of alkyl halides is 3. The molecule has 0 amide bonds. The molecule has 0 atom stereocenters. The minimum absolute atomic E-state index is 0.101. The van der Waals surface area contributed by atoms with E-state index in [1.165, 1.54) is 6.26 Å². The van der Waals surface area contributed by atoms with Gasteiger partial charge in [-0.2, -0.15) is 13.2 Å². The standard InChI is InChI=1S/C7H9F3N2O/c8-7(9,10)2-3-11-5-6-1-4-13-12-6/h1,4,11H,2-3,5H2. The van der Waals surface area contributed by atoms with Crippen molar-refractivity contribution < 1.29 is 17.7 Å². The Labute approximate surface area is 72.9 Å². The van der Waals surface area contributed by atoms with Crippen LogP contribution in [0.25, 0.3) is 0 Å². The van der Waals surface area contributed by atoms with Gasteiger partial charge in [0.1, 0.15) is 6.26 Å². The summed E-state index contributed by atoms with van der Waals surface area (Å²) in [5.41, 5.74) is 0.599. The quantitative estimate of drug-likeness (QED) is 0.741. The van der Waals surface area contributed by atoms with Crippen molar-refractivity contribution >= 4 is 0 Å². The molecule has 13 heavy (non-hydrogen) atoms. The molecule has 0 aliphatic heterocycles. The van der Waals surface area contributed by atoms with Crippen molar-refractivity contribution in [1.29, 1.82) is 0 Å².